The maximum atomic E-state index is 10.9. The highest BCUT2D eigenvalue weighted by Gasteiger charge is 2.19. The summed E-state index contributed by atoms with van der Waals surface area (Å²) in [4.78, 5) is 10.5. The van der Waals surface area contributed by atoms with E-state index in [1.54, 1.807) is 12.1 Å². The van der Waals surface area contributed by atoms with Gasteiger partial charge in [-0.05, 0) is 25.0 Å². The third-order valence-corrected chi connectivity index (χ3v) is 3.36. The van der Waals surface area contributed by atoms with E-state index in [1.807, 2.05) is 0 Å². The molecule has 1 fully saturated rings. The van der Waals surface area contributed by atoms with E-state index in [0.717, 1.165) is 12.8 Å². The lowest BCUT2D eigenvalue weighted by Crippen LogP contribution is -2.22. The van der Waals surface area contributed by atoms with Crippen molar-refractivity contribution in [3.05, 3.63) is 33.3 Å². The first kappa shape index (κ1) is 12.2. The predicted octanol–water partition coefficient (Wildman–Crippen LogP) is 3.99. The Bertz CT molecular complexity index is 417. The zero-order valence-corrected chi connectivity index (χ0v) is 10.2. The molecule has 1 aromatic carbocycles. The van der Waals surface area contributed by atoms with Gasteiger partial charge in [0.05, 0.1) is 4.92 Å². The molecule has 4 nitrogen and oxygen atoms in total. The van der Waals surface area contributed by atoms with Gasteiger partial charge in [-0.3, -0.25) is 10.1 Å². The smallest absolute Gasteiger partial charge is 0.292 e. The molecule has 17 heavy (non-hydrogen) atoms. The molecule has 0 bridgehead atoms. The molecule has 0 aliphatic heterocycles. The molecule has 1 aliphatic carbocycles. The maximum absolute atomic E-state index is 10.9. The van der Waals surface area contributed by atoms with Gasteiger partial charge in [0.15, 0.2) is 0 Å². The van der Waals surface area contributed by atoms with E-state index >= 15 is 0 Å². The highest BCUT2D eigenvalue weighted by atomic mass is 35.5. The minimum absolute atomic E-state index is 0.0972. The predicted molar refractivity (Wildman–Crippen MR) is 68.6 cm³/mol. The number of nitrogens with one attached hydrogen (secondary N) is 1. The molecule has 0 aromatic heterocycles. The summed E-state index contributed by atoms with van der Waals surface area (Å²) in [5, 5.41) is 14.7. The first-order valence-corrected chi connectivity index (χ1v) is 6.25. The van der Waals surface area contributed by atoms with E-state index in [1.165, 1.54) is 25.3 Å². The molecular formula is C12H15ClN2O2. The lowest BCUT2D eigenvalue weighted by atomic mass is 9.95. The van der Waals surface area contributed by atoms with E-state index in [2.05, 4.69) is 5.32 Å². The van der Waals surface area contributed by atoms with Crippen LogP contribution in [0.15, 0.2) is 18.2 Å². The van der Waals surface area contributed by atoms with Crippen molar-refractivity contribution in [3.8, 4) is 0 Å². The normalized spacial score (nSPS) is 16.8. The van der Waals surface area contributed by atoms with Crippen molar-refractivity contribution >= 4 is 23.0 Å². The van der Waals surface area contributed by atoms with Crippen LogP contribution in [0.1, 0.15) is 32.1 Å². The lowest BCUT2D eigenvalue weighted by Gasteiger charge is -2.23. The van der Waals surface area contributed by atoms with Gasteiger partial charge in [-0.1, -0.05) is 30.9 Å². The number of nitrogens with zero attached hydrogens (tertiary/aromatic N) is 1. The van der Waals surface area contributed by atoms with Crippen LogP contribution in [0.2, 0.25) is 5.02 Å². The lowest BCUT2D eigenvalue weighted by molar-refractivity contribution is -0.384. The fraction of sp³-hybridized carbons (Fsp3) is 0.500. The van der Waals surface area contributed by atoms with Crippen LogP contribution in [0.5, 0.6) is 0 Å². The second kappa shape index (κ2) is 5.36. The molecule has 1 N–H and O–H groups in total. The second-order valence-corrected chi connectivity index (χ2v) is 4.83. The van der Waals surface area contributed by atoms with Crippen LogP contribution >= 0.6 is 11.6 Å². The van der Waals surface area contributed by atoms with E-state index in [-0.39, 0.29) is 10.6 Å². The molecule has 0 saturated heterocycles. The molecule has 0 amide bonds. The van der Waals surface area contributed by atoms with Crippen LogP contribution in [-0.4, -0.2) is 11.0 Å². The molecular weight excluding hydrogens is 240 g/mol. The Balaban J connectivity index is 2.17. The Morgan fingerprint density at radius 3 is 2.65 bits per heavy atom. The zero-order valence-electron chi connectivity index (χ0n) is 9.49. The van der Waals surface area contributed by atoms with Crippen molar-refractivity contribution in [2.24, 2.45) is 0 Å². The molecule has 0 unspecified atom stereocenters. The summed E-state index contributed by atoms with van der Waals surface area (Å²) >= 11 is 5.88. The largest absolute Gasteiger partial charge is 0.377 e. The number of nitro groups is 1. The third kappa shape index (κ3) is 3.09. The van der Waals surface area contributed by atoms with Gasteiger partial charge in [-0.15, -0.1) is 0 Å². The van der Waals surface area contributed by atoms with Crippen molar-refractivity contribution in [2.45, 2.75) is 38.1 Å². The number of anilines is 1. The van der Waals surface area contributed by atoms with Gasteiger partial charge in [-0.25, -0.2) is 0 Å². The van der Waals surface area contributed by atoms with Gasteiger partial charge in [0, 0.05) is 17.1 Å². The van der Waals surface area contributed by atoms with Crippen LogP contribution in [0, 0.1) is 10.1 Å². The summed E-state index contributed by atoms with van der Waals surface area (Å²) < 4.78 is 0. The van der Waals surface area contributed by atoms with Gasteiger partial charge < -0.3 is 5.32 Å². The first-order chi connectivity index (χ1) is 8.16. The number of nitro benzene ring substituents is 1. The molecule has 5 heteroatoms. The summed E-state index contributed by atoms with van der Waals surface area (Å²) in [6, 6.07) is 4.97. The molecule has 1 aliphatic rings. The van der Waals surface area contributed by atoms with E-state index in [9.17, 15) is 10.1 Å². The number of hydrogen-bond donors (Lipinski definition) is 1. The van der Waals surface area contributed by atoms with E-state index < -0.39 is 0 Å². The SMILES string of the molecule is O=[N+]([O-])c1ccc(Cl)cc1NC1CCCCC1. The fourth-order valence-electron chi connectivity index (χ4n) is 2.25. The monoisotopic (exact) mass is 254 g/mol. The highest BCUT2D eigenvalue weighted by molar-refractivity contribution is 6.31. The standard InChI is InChI=1S/C12H15ClN2O2/c13-9-6-7-12(15(16)17)11(8-9)14-10-4-2-1-3-5-10/h6-8,10,14H,1-5H2. The van der Waals surface area contributed by atoms with Crippen molar-refractivity contribution in [1.29, 1.82) is 0 Å². The van der Waals surface area contributed by atoms with Crippen LogP contribution in [0.3, 0.4) is 0 Å². The summed E-state index contributed by atoms with van der Waals surface area (Å²) in [6.07, 6.45) is 5.78. The van der Waals surface area contributed by atoms with Crippen LogP contribution < -0.4 is 5.32 Å². The van der Waals surface area contributed by atoms with Crippen molar-refractivity contribution in [1.82, 2.24) is 0 Å². The average Bonchev–Trinajstić information content (AvgIpc) is 2.30. The molecule has 1 saturated carbocycles. The summed E-state index contributed by atoms with van der Waals surface area (Å²) in [5.41, 5.74) is 0.634. The van der Waals surface area contributed by atoms with Gasteiger partial charge in [0.25, 0.3) is 5.69 Å². The number of hydrogen-bond acceptors (Lipinski definition) is 3. The molecule has 0 spiro atoms. The second-order valence-electron chi connectivity index (χ2n) is 4.40. The Labute approximate surface area is 105 Å². The zero-order chi connectivity index (χ0) is 12.3. The van der Waals surface area contributed by atoms with Crippen LogP contribution in [0.4, 0.5) is 11.4 Å². The Hall–Kier alpha value is -1.29. The number of rotatable bonds is 3. The molecule has 0 atom stereocenters. The van der Waals surface area contributed by atoms with Crippen molar-refractivity contribution in [2.75, 3.05) is 5.32 Å². The number of benzene rings is 1. The molecule has 2 rings (SSSR count). The van der Waals surface area contributed by atoms with Crippen molar-refractivity contribution < 1.29 is 4.92 Å². The minimum atomic E-state index is -0.374. The first-order valence-electron chi connectivity index (χ1n) is 5.87. The number of halogens is 1. The molecule has 0 radical (unpaired) electrons. The molecule has 0 heterocycles. The van der Waals surface area contributed by atoms with Crippen LogP contribution in [-0.2, 0) is 0 Å². The molecule has 92 valence electrons. The van der Waals surface area contributed by atoms with Crippen LogP contribution in [0.25, 0.3) is 0 Å². The van der Waals surface area contributed by atoms with Gasteiger partial charge in [0.1, 0.15) is 5.69 Å². The van der Waals surface area contributed by atoms with Gasteiger partial charge >= 0.3 is 0 Å². The fourth-order valence-corrected chi connectivity index (χ4v) is 2.42. The van der Waals surface area contributed by atoms with E-state index in [4.69, 9.17) is 11.6 Å². The Morgan fingerprint density at radius 1 is 1.29 bits per heavy atom. The Kier molecular flexibility index (Phi) is 3.84. The highest BCUT2D eigenvalue weighted by Crippen LogP contribution is 2.30. The maximum Gasteiger partial charge on any atom is 0.292 e. The summed E-state index contributed by atoms with van der Waals surface area (Å²) in [5.74, 6) is 0. The molecule has 1 aromatic rings. The summed E-state index contributed by atoms with van der Waals surface area (Å²) in [6.45, 7) is 0. The van der Waals surface area contributed by atoms with Gasteiger partial charge in [-0.2, -0.15) is 0 Å². The van der Waals surface area contributed by atoms with Crippen molar-refractivity contribution in [3.63, 3.8) is 0 Å². The quantitative estimate of drug-likeness (QED) is 0.655. The van der Waals surface area contributed by atoms with E-state index in [0.29, 0.717) is 16.8 Å². The van der Waals surface area contributed by atoms with Gasteiger partial charge in [0.2, 0.25) is 0 Å². The average molecular weight is 255 g/mol. The third-order valence-electron chi connectivity index (χ3n) is 3.12. The topological polar surface area (TPSA) is 55.2 Å². The summed E-state index contributed by atoms with van der Waals surface area (Å²) in [7, 11) is 0. The minimum Gasteiger partial charge on any atom is -0.377 e. The Morgan fingerprint density at radius 2 is 2.00 bits per heavy atom.